The highest BCUT2D eigenvalue weighted by molar-refractivity contribution is 5.80. The molecule has 0 amide bonds. The van der Waals surface area contributed by atoms with E-state index in [1.54, 1.807) is 7.11 Å². The van der Waals surface area contributed by atoms with E-state index in [0.717, 1.165) is 57.3 Å². The van der Waals surface area contributed by atoms with Crippen LogP contribution in [0.5, 0.6) is 5.75 Å². The van der Waals surface area contributed by atoms with Gasteiger partial charge in [0.1, 0.15) is 5.75 Å². The molecular weight excluding hydrogens is 404 g/mol. The summed E-state index contributed by atoms with van der Waals surface area (Å²) in [5.74, 6) is 2.29. The van der Waals surface area contributed by atoms with Gasteiger partial charge in [0.15, 0.2) is 5.96 Å². The summed E-state index contributed by atoms with van der Waals surface area (Å²) in [6, 6.07) is 8.84. The molecule has 2 aliphatic heterocycles. The lowest BCUT2D eigenvalue weighted by atomic mass is 9.85. The van der Waals surface area contributed by atoms with E-state index in [-0.39, 0.29) is 11.9 Å². The maximum Gasteiger partial charge on any atom is 0.309 e. The third kappa shape index (κ3) is 6.15. The Morgan fingerprint density at radius 2 is 1.84 bits per heavy atom. The molecule has 178 valence electrons. The summed E-state index contributed by atoms with van der Waals surface area (Å²) in [5, 5.41) is 3.47. The van der Waals surface area contributed by atoms with Crippen LogP contribution in [0.25, 0.3) is 0 Å². The molecule has 0 aromatic heterocycles. The average Bonchev–Trinajstić information content (AvgIpc) is 2.82. The molecule has 0 bridgehead atoms. The van der Waals surface area contributed by atoms with Crippen molar-refractivity contribution in [1.82, 2.24) is 15.1 Å². The molecular formula is C25H40N4O3. The zero-order valence-electron chi connectivity index (χ0n) is 20.2. The number of aliphatic imine (C=N–C) groups is 1. The Morgan fingerprint density at radius 1 is 1.12 bits per heavy atom. The van der Waals surface area contributed by atoms with E-state index in [1.807, 2.05) is 6.92 Å². The number of hydrogen-bond acceptors (Lipinski definition) is 5. The summed E-state index contributed by atoms with van der Waals surface area (Å²) in [6.07, 6.45) is 4.02. The van der Waals surface area contributed by atoms with Crippen LogP contribution in [-0.2, 0) is 9.53 Å². The number of benzene rings is 1. The lowest BCUT2D eigenvalue weighted by Crippen LogP contribution is -2.47. The number of esters is 1. The van der Waals surface area contributed by atoms with Gasteiger partial charge in [0.2, 0.25) is 0 Å². The fourth-order valence-electron chi connectivity index (χ4n) is 5.00. The molecule has 3 rings (SSSR count). The number of piperidine rings is 2. The van der Waals surface area contributed by atoms with Gasteiger partial charge < -0.3 is 19.7 Å². The Balaban J connectivity index is 1.67. The zero-order valence-corrected chi connectivity index (χ0v) is 20.2. The summed E-state index contributed by atoms with van der Waals surface area (Å²) >= 11 is 0. The van der Waals surface area contributed by atoms with E-state index in [1.165, 1.54) is 18.4 Å². The molecule has 2 fully saturated rings. The van der Waals surface area contributed by atoms with Crippen molar-refractivity contribution in [1.29, 1.82) is 0 Å². The van der Waals surface area contributed by atoms with Gasteiger partial charge in [-0.3, -0.25) is 14.7 Å². The van der Waals surface area contributed by atoms with Gasteiger partial charge in [-0.1, -0.05) is 12.1 Å². The van der Waals surface area contributed by atoms with Crippen LogP contribution in [0.3, 0.4) is 0 Å². The fourth-order valence-corrected chi connectivity index (χ4v) is 5.00. The maximum atomic E-state index is 12.1. The second kappa shape index (κ2) is 12.1. The predicted molar refractivity (Wildman–Crippen MR) is 128 cm³/mol. The first-order chi connectivity index (χ1) is 15.6. The predicted octanol–water partition coefficient (Wildman–Crippen LogP) is 3.32. The molecule has 1 aromatic rings. The number of ether oxygens (including phenoxy) is 2. The number of likely N-dealkylation sites (tertiary alicyclic amines) is 2. The standard InChI is InChI=1S/C25H40N4O3/c1-5-26-25(29-16-13-20(14-17-29)24(30)32-6-2)27-18-21-8-7-15-28(3)23(21)19-9-11-22(31-4)12-10-19/h9-12,20-21,23H,5-8,13-18H2,1-4H3,(H,26,27). The highest BCUT2D eigenvalue weighted by Crippen LogP contribution is 2.36. The van der Waals surface area contributed by atoms with E-state index < -0.39 is 0 Å². The van der Waals surface area contributed by atoms with Crippen LogP contribution in [0.4, 0.5) is 0 Å². The molecule has 32 heavy (non-hydrogen) atoms. The average molecular weight is 445 g/mol. The Morgan fingerprint density at radius 3 is 2.47 bits per heavy atom. The summed E-state index contributed by atoms with van der Waals surface area (Å²) in [5.41, 5.74) is 1.33. The van der Waals surface area contributed by atoms with Crippen molar-refractivity contribution in [2.75, 3.05) is 53.5 Å². The highest BCUT2D eigenvalue weighted by Gasteiger charge is 2.31. The number of hydrogen-bond donors (Lipinski definition) is 1. The van der Waals surface area contributed by atoms with E-state index >= 15 is 0 Å². The van der Waals surface area contributed by atoms with Crippen molar-refractivity contribution >= 4 is 11.9 Å². The van der Waals surface area contributed by atoms with Crippen LogP contribution in [0, 0.1) is 11.8 Å². The third-order valence-corrected chi connectivity index (χ3v) is 6.69. The second-order valence-electron chi connectivity index (χ2n) is 8.81. The molecule has 0 saturated carbocycles. The van der Waals surface area contributed by atoms with Gasteiger partial charge in [0, 0.05) is 32.2 Å². The molecule has 7 heteroatoms. The highest BCUT2D eigenvalue weighted by atomic mass is 16.5. The van der Waals surface area contributed by atoms with E-state index in [9.17, 15) is 4.79 Å². The number of guanidine groups is 1. The molecule has 2 atom stereocenters. The first kappa shape index (κ1) is 24.4. The van der Waals surface area contributed by atoms with Crippen LogP contribution < -0.4 is 10.1 Å². The summed E-state index contributed by atoms with van der Waals surface area (Å²) in [4.78, 5) is 21.9. The van der Waals surface area contributed by atoms with Crippen molar-refractivity contribution in [3.05, 3.63) is 29.8 Å². The lowest BCUT2D eigenvalue weighted by molar-refractivity contribution is -0.149. The van der Waals surface area contributed by atoms with Gasteiger partial charge in [-0.2, -0.15) is 0 Å². The molecule has 0 radical (unpaired) electrons. The normalized spacial score (nSPS) is 23.1. The summed E-state index contributed by atoms with van der Waals surface area (Å²) in [7, 11) is 3.92. The monoisotopic (exact) mass is 444 g/mol. The van der Waals surface area contributed by atoms with Crippen molar-refractivity contribution in [2.24, 2.45) is 16.8 Å². The van der Waals surface area contributed by atoms with Crippen molar-refractivity contribution < 1.29 is 14.3 Å². The zero-order chi connectivity index (χ0) is 22.9. The molecule has 2 aliphatic rings. The van der Waals surface area contributed by atoms with Gasteiger partial charge in [-0.15, -0.1) is 0 Å². The Labute approximate surface area is 193 Å². The Hall–Kier alpha value is -2.28. The van der Waals surface area contributed by atoms with Gasteiger partial charge in [-0.25, -0.2) is 0 Å². The molecule has 0 spiro atoms. The minimum atomic E-state index is -0.0540. The van der Waals surface area contributed by atoms with Crippen LogP contribution in [-0.4, -0.2) is 75.2 Å². The van der Waals surface area contributed by atoms with Gasteiger partial charge in [0.25, 0.3) is 0 Å². The second-order valence-corrected chi connectivity index (χ2v) is 8.81. The fraction of sp³-hybridized carbons (Fsp3) is 0.680. The quantitative estimate of drug-likeness (QED) is 0.395. The van der Waals surface area contributed by atoms with E-state index in [0.29, 0.717) is 18.6 Å². The van der Waals surface area contributed by atoms with Gasteiger partial charge >= 0.3 is 5.97 Å². The largest absolute Gasteiger partial charge is 0.497 e. The van der Waals surface area contributed by atoms with Crippen LogP contribution in [0.1, 0.15) is 51.1 Å². The first-order valence-electron chi connectivity index (χ1n) is 12.1. The Bertz CT molecular complexity index is 744. The summed E-state index contributed by atoms with van der Waals surface area (Å²) < 4.78 is 10.6. The minimum Gasteiger partial charge on any atom is -0.497 e. The van der Waals surface area contributed by atoms with Crippen LogP contribution >= 0.6 is 0 Å². The first-order valence-corrected chi connectivity index (χ1v) is 12.1. The number of rotatable bonds is 7. The topological polar surface area (TPSA) is 66.4 Å². The maximum absolute atomic E-state index is 12.1. The minimum absolute atomic E-state index is 0.0144. The number of carbonyl (C=O) groups is 1. The van der Waals surface area contributed by atoms with Crippen molar-refractivity contribution in [3.8, 4) is 5.75 Å². The molecule has 1 N–H and O–H groups in total. The third-order valence-electron chi connectivity index (χ3n) is 6.69. The molecule has 1 aromatic carbocycles. The lowest BCUT2D eigenvalue weighted by Gasteiger charge is -2.39. The molecule has 7 nitrogen and oxygen atoms in total. The SMILES string of the molecule is CCNC(=NCC1CCCN(C)C1c1ccc(OC)cc1)N1CCC(C(=O)OCC)CC1. The number of carbonyl (C=O) groups excluding carboxylic acids is 1. The van der Waals surface area contributed by atoms with E-state index in [2.05, 4.69) is 53.4 Å². The van der Waals surface area contributed by atoms with Gasteiger partial charge in [-0.05, 0) is 76.7 Å². The van der Waals surface area contributed by atoms with E-state index in [4.69, 9.17) is 14.5 Å². The van der Waals surface area contributed by atoms with Crippen LogP contribution in [0.15, 0.2) is 29.3 Å². The molecule has 0 aliphatic carbocycles. The number of methoxy groups -OCH3 is 1. The summed E-state index contributed by atoms with van der Waals surface area (Å²) in [6.45, 7) is 8.83. The van der Waals surface area contributed by atoms with Crippen molar-refractivity contribution in [3.63, 3.8) is 0 Å². The van der Waals surface area contributed by atoms with Gasteiger partial charge in [0.05, 0.1) is 19.6 Å². The molecule has 2 heterocycles. The molecule has 2 unspecified atom stereocenters. The molecule has 2 saturated heterocycles. The Kier molecular flexibility index (Phi) is 9.21. The van der Waals surface area contributed by atoms with Crippen LogP contribution in [0.2, 0.25) is 0 Å². The van der Waals surface area contributed by atoms with Crippen molar-refractivity contribution in [2.45, 2.75) is 45.6 Å². The smallest absolute Gasteiger partial charge is 0.309 e. The number of nitrogens with zero attached hydrogens (tertiary/aromatic N) is 3. The number of nitrogens with one attached hydrogen (secondary N) is 1.